The van der Waals surface area contributed by atoms with E-state index in [0.29, 0.717) is 16.6 Å². The molecule has 0 unspecified atom stereocenters. The van der Waals surface area contributed by atoms with Gasteiger partial charge in [0.25, 0.3) is 5.91 Å². The van der Waals surface area contributed by atoms with Gasteiger partial charge >= 0.3 is 0 Å². The number of hydrogen-bond donors (Lipinski definition) is 0. The number of fused-ring (bicyclic) bond motifs is 1. The maximum absolute atomic E-state index is 13.1. The largest absolute Gasteiger partial charge is 0.277 e. The van der Waals surface area contributed by atoms with E-state index in [-0.39, 0.29) is 5.91 Å². The van der Waals surface area contributed by atoms with E-state index < -0.39 is 0 Å². The molecule has 6 heteroatoms. The Bertz CT molecular complexity index is 1020. The molecule has 3 heterocycles. The number of rotatable bonds is 4. The van der Waals surface area contributed by atoms with Crippen molar-refractivity contribution in [1.29, 1.82) is 0 Å². The van der Waals surface area contributed by atoms with E-state index >= 15 is 0 Å². The van der Waals surface area contributed by atoms with Crippen molar-refractivity contribution >= 4 is 43.9 Å². The SMILES string of the molecule is Cc1ccc(C)c2sc(N(Cc3ccccn3)C(=O)c3cccs3)nc12. The number of carbonyl (C=O) groups excluding carboxylic acids is 1. The number of pyridine rings is 1. The molecule has 1 aromatic carbocycles. The maximum Gasteiger partial charge on any atom is 0.270 e. The predicted molar refractivity (Wildman–Crippen MR) is 108 cm³/mol. The van der Waals surface area contributed by atoms with Crippen LogP contribution in [0.15, 0.2) is 54.0 Å². The molecule has 26 heavy (non-hydrogen) atoms. The van der Waals surface area contributed by atoms with Gasteiger partial charge in [0.2, 0.25) is 0 Å². The van der Waals surface area contributed by atoms with Crippen molar-refractivity contribution in [2.75, 3.05) is 4.90 Å². The summed E-state index contributed by atoms with van der Waals surface area (Å²) in [5.41, 5.74) is 4.10. The highest BCUT2D eigenvalue weighted by Gasteiger charge is 2.23. The van der Waals surface area contributed by atoms with Gasteiger partial charge < -0.3 is 0 Å². The second kappa shape index (κ2) is 6.97. The molecular weight excluding hydrogens is 362 g/mol. The van der Waals surface area contributed by atoms with Gasteiger partial charge in [-0.1, -0.05) is 35.6 Å². The summed E-state index contributed by atoms with van der Waals surface area (Å²) in [5.74, 6) is -0.0417. The number of thiophene rings is 1. The van der Waals surface area contributed by atoms with Crippen molar-refractivity contribution < 1.29 is 4.79 Å². The van der Waals surface area contributed by atoms with Crippen LogP contribution in [-0.4, -0.2) is 15.9 Å². The third-order valence-electron chi connectivity index (χ3n) is 4.19. The van der Waals surface area contributed by atoms with Crippen molar-refractivity contribution in [2.45, 2.75) is 20.4 Å². The number of aromatic nitrogens is 2. The van der Waals surface area contributed by atoms with Crippen molar-refractivity contribution in [2.24, 2.45) is 0 Å². The molecule has 1 amide bonds. The van der Waals surface area contributed by atoms with Gasteiger partial charge in [0.05, 0.1) is 27.3 Å². The molecule has 0 aliphatic heterocycles. The summed E-state index contributed by atoms with van der Waals surface area (Å²) in [5, 5.41) is 2.63. The quantitative estimate of drug-likeness (QED) is 0.488. The maximum atomic E-state index is 13.1. The minimum Gasteiger partial charge on any atom is -0.277 e. The zero-order valence-electron chi connectivity index (χ0n) is 14.5. The van der Waals surface area contributed by atoms with E-state index in [4.69, 9.17) is 4.98 Å². The first kappa shape index (κ1) is 16.9. The summed E-state index contributed by atoms with van der Waals surface area (Å²) in [7, 11) is 0. The van der Waals surface area contributed by atoms with Crippen LogP contribution in [0.25, 0.3) is 10.2 Å². The smallest absolute Gasteiger partial charge is 0.270 e. The Morgan fingerprint density at radius 1 is 1.08 bits per heavy atom. The second-order valence-electron chi connectivity index (χ2n) is 6.06. The second-order valence-corrected chi connectivity index (χ2v) is 7.99. The molecular formula is C20H17N3OS2. The number of anilines is 1. The summed E-state index contributed by atoms with van der Waals surface area (Å²) < 4.78 is 1.13. The molecule has 4 rings (SSSR count). The molecule has 4 nitrogen and oxygen atoms in total. The molecule has 0 saturated carbocycles. The van der Waals surface area contributed by atoms with Gasteiger partial charge in [0, 0.05) is 6.20 Å². The first-order valence-electron chi connectivity index (χ1n) is 8.25. The first-order chi connectivity index (χ1) is 12.6. The van der Waals surface area contributed by atoms with Crippen LogP contribution in [-0.2, 0) is 6.54 Å². The highest BCUT2D eigenvalue weighted by molar-refractivity contribution is 7.22. The van der Waals surface area contributed by atoms with Crippen LogP contribution in [0.4, 0.5) is 5.13 Å². The molecule has 4 aromatic rings. The van der Waals surface area contributed by atoms with Gasteiger partial charge in [-0.15, -0.1) is 11.3 Å². The summed E-state index contributed by atoms with van der Waals surface area (Å²) in [6, 6.07) is 13.7. The van der Waals surface area contributed by atoms with Gasteiger partial charge in [-0.25, -0.2) is 4.98 Å². The lowest BCUT2D eigenvalue weighted by atomic mass is 10.1. The highest BCUT2D eigenvalue weighted by Crippen LogP contribution is 2.34. The fraction of sp³-hybridized carbons (Fsp3) is 0.150. The van der Waals surface area contributed by atoms with Crippen LogP contribution in [0.2, 0.25) is 0 Å². The third kappa shape index (κ3) is 3.13. The normalized spacial score (nSPS) is 11.0. The molecule has 0 radical (unpaired) electrons. The van der Waals surface area contributed by atoms with Crippen LogP contribution >= 0.6 is 22.7 Å². The molecule has 0 saturated heterocycles. The van der Waals surface area contributed by atoms with Gasteiger partial charge in [-0.05, 0) is 48.6 Å². The van der Waals surface area contributed by atoms with E-state index in [1.807, 2.05) is 35.7 Å². The minimum absolute atomic E-state index is 0.0417. The van der Waals surface area contributed by atoms with Gasteiger partial charge in [-0.3, -0.25) is 14.7 Å². The molecule has 0 N–H and O–H groups in total. The fourth-order valence-electron chi connectivity index (χ4n) is 2.78. The summed E-state index contributed by atoms with van der Waals surface area (Å²) in [6.07, 6.45) is 1.75. The van der Waals surface area contributed by atoms with Crippen molar-refractivity contribution in [3.63, 3.8) is 0 Å². The number of carbonyl (C=O) groups is 1. The van der Waals surface area contributed by atoms with Gasteiger partial charge in [-0.2, -0.15) is 0 Å². The van der Waals surface area contributed by atoms with E-state index in [1.54, 1.807) is 22.4 Å². The Morgan fingerprint density at radius 3 is 2.62 bits per heavy atom. The number of benzene rings is 1. The Morgan fingerprint density at radius 2 is 1.92 bits per heavy atom. The standard InChI is InChI=1S/C20H17N3OS2/c1-13-8-9-14(2)18-17(13)22-20(26-18)23(12-15-6-3-4-10-21-15)19(24)16-7-5-11-25-16/h3-11H,12H2,1-2H3. The number of hydrogen-bond acceptors (Lipinski definition) is 5. The Labute approximate surface area is 159 Å². The molecule has 130 valence electrons. The van der Waals surface area contributed by atoms with Crippen LogP contribution < -0.4 is 4.90 Å². The van der Waals surface area contributed by atoms with Gasteiger partial charge in [0.15, 0.2) is 5.13 Å². The lowest BCUT2D eigenvalue weighted by Gasteiger charge is -2.18. The predicted octanol–water partition coefficient (Wildman–Crippen LogP) is 5.22. The molecule has 0 atom stereocenters. The van der Waals surface area contributed by atoms with E-state index in [0.717, 1.165) is 21.5 Å². The molecule has 0 fully saturated rings. The van der Waals surface area contributed by atoms with Crippen LogP contribution in [0.3, 0.4) is 0 Å². The lowest BCUT2D eigenvalue weighted by molar-refractivity contribution is 0.0988. The zero-order valence-corrected chi connectivity index (χ0v) is 16.1. The van der Waals surface area contributed by atoms with Crippen molar-refractivity contribution in [1.82, 2.24) is 9.97 Å². The van der Waals surface area contributed by atoms with E-state index in [1.165, 1.54) is 16.9 Å². The van der Waals surface area contributed by atoms with E-state index in [9.17, 15) is 4.79 Å². The molecule has 0 spiro atoms. The van der Waals surface area contributed by atoms with Crippen LogP contribution in [0.1, 0.15) is 26.5 Å². The topological polar surface area (TPSA) is 46.1 Å². The van der Waals surface area contributed by atoms with Crippen LogP contribution in [0.5, 0.6) is 0 Å². The van der Waals surface area contributed by atoms with E-state index in [2.05, 4.69) is 31.0 Å². The van der Waals surface area contributed by atoms with Gasteiger partial charge in [0.1, 0.15) is 0 Å². The molecule has 0 bridgehead atoms. The average Bonchev–Trinajstić information content (AvgIpc) is 3.33. The first-order valence-corrected chi connectivity index (χ1v) is 9.95. The molecule has 0 aliphatic carbocycles. The number of aryl methyl sites for hydroxylation is 2. The Balaban J connectivity index is 1.81. The highest BCUT2D eigenvalue weighted by atomic mass is 32.1. The molecule has 0 aliphatic rings. The average molecular weight is 380 g/mol. The monoisotopic (exact) mass is 379 g/mol. The Kier molecular flexibility index (Phi) is 4.53. The summed E-state index contributed by atoms with van der Waals surface area (Å²) in [6.45, 7) is 4.53. The number of thiazole rings is 1. The van der Waals surface area contributed by atoms with Crippen LogP contribution in [0, 0.1) is 13.8 Å². The summed E-state index contributed by atoms with van der Waals surface area (Å²) in [4.78, 5) is 24.8. The summed E-state index contributed by atoms with van der Waals surface area (Å²) >= 11 is 3.00. The number of nitrogens with zero attached hydrogens (tertiary/aromatic N) is 3. The minimum atomic E-state index is -0.0417. The number of amides is 1. The van der Waals surface area contributed by atoms with Crippen molar-refractivity contribution in [3.8, 4) is 0 Å². The zero-order chi connectivity index (χ0) is 18.1. The fourth-order valence-corrected chi connectivity index (χ4v) is 4.56. The molecule has 3 aromatic heterocycles. The lowest BCUT2D eigenvalue weighted by Crippen LogP contribution is -2.30. The van der Waals surface area contributed by atoms with Crippen molar-refractivity contribution in [3.05, 3.63) is 75.7 Å². The Hall–Kier alpha value is -2.57. The third-order valence-corrected chi connectivity index (χ3v) is 6.26.